The molecule has 0 spiro atoms. The van der Waals surface area contributed by atoms with E-state index in [-0.39, 0.29) is 24.3 Å². The molecule has 0 saturated carbocycles. The zero-order chi connectivity index (χ0) is 28.2. The van der Waals surface area contributed by atoms with Crippen LogP contribution in [0.2, 0.25) is 0 Å². The quantitative estimate of drug-likeness (QED) is 0.402. The van der Waals surface area contributed by atoms with Gasteiger partial charge in [-0.25, -0.2) is 4.98 Å². The number of carboxylic acid groups (broad SMARTS) is 1. The number of likely N-dealkylation sites (tertiary alicyclic amines) is 1. The molecule has 4 saturated heterocycles. The van der Waals surface area contributed by atoms with Crippen molar-refractivity contribution in [2.75, 3.05) is 49.5 Å². The fraction of sp³-hybridized carbons (Fsp3) is 0.594. The standard InChI is InChI=1S/C32H43N5O4/c38-30(39)18-29(23-5-1-9-26(17-23)37-20-28-13-12-27(37)21-41-28)35-32(40)24-7-3-15-36(19-24)16-4-8-25-11-10-22-6-2-14-33-31(22)34-25/h1,5,9-11,17,24,27-29H,2-4,6-8,12-16,18-21H2,(H,33,34)(H,35,40)(H,38,39)/t24-,27?,28?,29+/m1/s1. The number of morpholine rings is 1. The van der Waals surface area contributed by atoms with Crippen LogP contribution in [-0.4, -0.2) is 78.3 Å². The lowest BCUT2D eigenvalue weighted by Gasteiger charge is -2.46. The monoisotopic (exact) mass is 561 g/mol. The molecule has 0 radical (unpaired) electrons. The lowest BCUT2D eigenvalue weighted by atomic mass is 9.94. The van der Waals surface area contributed by atoms with Gasteiger partial charge in [0.15, 0.2) is 0 Å². The number of aryl methyl sites for hydroxylation is 2. The Balaban J connectivity index is 1.04. The average molecular weight is 562 g/mol. The van der Waals surface area contributed by atoms with Crippen molar-refractivity contribution in [3.63, 3.8) is 0 Å². The number of amides is 1. The van der Waals surface area contributed by atoms with Crippen LogP contribution in [0.5, 0.6) is 0 Å². The maximum absolute atomic E-state index is 13.5. The lowest BCUT2D eigenvalue weighted by molar-refractivity contribution is -0.138. The van der Waals surface area contributed by atoms with E-state index in [1.807, 2.05) is 12.1 Å². The minimum absolute atomic E-state index is 0.0424. The van der Waals surface area contributed by atoms with Crippen molar-refractivity contribution in [1.82, 2.24) is 15.2 Å². The topological polar surface area (TPSA) is 107 Å². The second-order valence-corrected chi connectivity index (χ2v) is 12.2. The van der Waals surface area contributed by atoms with Gasteiger partial charge in [0.05, 0.1) is 37.1 Å². The highest BCUT2D eigenvalue weighted by Crippen LogP contribution is 2.33. The Kier molecular flexibility index (Phi) is 8.72. The highest BCUT2D eigenvalue weighted by Gasteiger charge is 2.35. The van der Waals surface area contributed by atoms with Gasteiger partial charge in [-0.15, -0.1) is 0 Å². The molecular formula is C32H43N5O4. The lowest BCUT2D eigenvalue weighted by Crippen LogP contribution is -2.54. The molecule has 2 unspecified atom stereocenters. The first kappa shape index (κ1) is 28.0. The third-order valence-electron chi connectivity index (χ3n) is 9.22. The molecule has 4 fully saturated rings. The van der Waals surface area contributed by atoms with Gasteiger partial charge in [-0.1, -0.05) is 18.2 Å². The van der Waals surface area contributed by atoms with Crippen LogP contribution in [0.15, 0.2) is 36.4 Å². The molecule has 220 valence electrons. The molecule has 2 bridgehead atoms. The third-order valence-corrected chi connectivity index (χ3v) is 9.22. The Hall–Kier alpha value is -3.17. The highest BCUT2D eigenvalue weighted by molar-refractivity contribution is 5.80. The molecule has 7 rings (SSSR count). The summed E-state index contributed by atoms with van der Waals surface area (Å²) >= 11 is 0. The van der Waals surface area contributed by atoms with Crippen LogP contribution >= 0.6 is 0 Å². The number of aliphatic carboxylic acids is 1. The first-order chi connectivity index (χ1) is 20.0. The van der Waals surface area contributed by atoms with E-state index in [1.165, 1.54) is 5.56 Å². The Morgan fingerprint density at radius 1 is 1.15 bits per heavy atom. The normalized spacial score (nSPS) is 24.8. The van der Waals surface area contributed by atoms with Crippen LogP contribution in [0, 0.1) is 5.92 Å². The van der Waals surface area contributed by atoms with E-state index in [0.717, 1.165) is 107 Å². The summed E-state index contributed by atoms with van der Waals surface area (Å²) in [6.45, 7) is 5.23. The summed E-state index contributed by atoms with van der Waals surface area (Å²) in [6, 6.07) is 12.2. The second-order valence-electron chi connectivity index (χ2n) is 12.2. The number of carboxylic acids is 1. The summed E-state index contributed by atoms with van der Waals surface area (Å²) in [5.74, 6) is -0.0482. The molecule has 1 aromatic heterocycles. The van der Waals surface area contributed by atoms with Crippen LogP contribution in [0.25, 0.3) is 0 Å². The number of rotatable bonds is 10. The number of carbonyl (C=O) groups excluding carboxylic acids is 1. The number of anilines is 2. The van der Waals surface area contributed by atoms with Crippen molar-refractivity contribution in [3.05, 3.63) is 53.2 Å². The molecule has 0 aliphatic carbocycles. The van der Waals surface area contributed by atoms with Gasteiger partial charge in [0, 0.05) is 31.0 Å². The number of benzene rings is 1. The number of nitrogens with zero attached hydrogens (tertiary/aromatic N) is 3. The third kappa shape index (κ3) is 6.84. The fourth-order valence-electron chi connectivity index (χ4n) is 6.97. The molecule has 5 aliphatic rings. The zero-order valence-electron chi connectivity index (χ0n) is 23.9. The molecule has 9 heteroatoms. The van der Waals surface area contributed by atoms with Gasteiger partial charge < -0.3 is 30.3 Å². The van der Waals surface area contributed by atoms with E-state index in [1.54, 1.807) is 0 Å². The molecule has 5 aliphatic heterocycles. The number of nitrogens with one attached hydrogen (secondary N) is 2. The Bertz CT molecular complexity index is 1230. The Labute approximate surface area is 242 Å². The van der Waals surface area contributed by atoms with E-state index in [9.17, 15) is 14.7 Å². The van der Waals surface area contributed by atoms with Crippen molar-refractivity contribution in [2.45, 2.75) is 76.0 Å². The van der Waals surface area contributed by atoms with Crippen molar-refractivity contribution in [1.29, 1.82) is 0 Å². The molecule has 9 nitrogen and oxygen atoms in total. The first-order valence-electron chi connectivity index (χ1n) is 15.5. The van der Waals surface area contributed by atoms with Crippen LogP contribution in [-0.2, 0) is 27.2 Å². The minimum atomic E-state index is -0.914. The smallest absolute Gasteiger partial charge is 0.305 e. The van der Waals surface area contributed by atoms with E-state index < -0.39 is 12.0 Å². The molecule has 2 aromatic rings. The summed E-state index contributed by atoms with van der Waals surface area (Å²) in [6.07, 6.45) is 8.32. The number of carbonyl (C=O) groups is 2. The maximum Gasteiger partial charge on any atom is 0.305 e. The summed E-state index contributed by atoms with van der Waals surface area (Å²) in [4.78, 5) is 34.8. The van der Waals surface area contributed by atoms with Crippen molar-refractivity contribution in [2.24, 2.45) is 5.92 Å². The number of hydrogen-bond donors (Lipinski definition) is 3. The number of fused-ring (bicyclic) bond motifs is 4. The van der Waals surface area contributed by atoms with Crippen LogP contribution in [0.1, 0.15) is 67.8 Å². The van der Waals surface area contributed by atoms with Gasteiger partial charge in [-0.3, -0.25) is 9.59 Å². The molecule has 1 amide bonds. The second kappa shape index (κ2) is 12.8. The fourth-order valence-corrected chi connectivity index (χ4v) is 6.97. The van der Waals surface area contributed by atoms with E-state index >= 15 is 0 Å². The van der Waals surface area contributed by atoms with Gasteiger partial charge in [-0.05, 0) is 93.8 Å². The summed E-state index contributed by atoms with van der Waals surface area (Å²) in [5, 5.41) is 16.2. The predicted octanol–water partition coefficient (Wildman–Crippen LogP) is 3.78. The number of piperidine rings is 2. The average Bonchev–Trinajstić information content (AvgIpc) is 3.01. The highest BCUT2D eigenvalue weighted by atomic mass is 16.5. The van der Waals surface area contributed by atoms with E-state index in [2.05, 4.69) is 44.7 Å². The molecule has 41 heavy (non-hydrogen) atoms. The number of aromatic nitrogens is 1. The van der Waals surface area contributed by atoms with Gasteiger partial charge >= 0.3 is 5.97 Å². The van der Waals surface area contributed by atoms with E-state index in [4.69, 9.17) is 9.72 Å². The molecule has 3 N–H and O–H groups in total. The van der Waals surface area contributed by atoms with Gasteiger partial charge in [-0.2, -0.15) is 0 Å². The molecular weight excluding hydrogens is 518 g/mol. The summed E-state index contributed by atoms with van der Waals surface area (Å²) < 4.78 is 5.87. The maximum atomic E-state index is 13.5. The van der Waals surface area contributed by atoms with Crippen LogP contribution in [0.3, 0.4) is 0 Å². The zero-order valence-corrected chi connectivity index (χ0v) is 23.9. The number of pyridine rings is 1. The van der Waals surface area contributed by atoms with Gasteiger partial charge in [0.2, 0.25) is 5.91 Å². The van der Waals surface area contributed by atoms with Gasteiger partial charge in [0.1, 0.15) is 5.82 Å². The first-order valence-corrected chi connectivity index (χ1v) is 15.5. The Morgan fingerprint density at radius 2 is 2.07 bits per heavy atom. The molecule has 1 aromatic carbocycles. The molecule has 6 heterocycles. The van der Waals surface area contributed by atoms with Crippen LogP contribution < -0.4 is 15.5 Å². The largest absolute Gasteiger partial charge is 0.481 e. The summed E-state index contributed by atoms with van der Waals surface area (Å²) in [7, 11) is 0. The van der Waals surface area contributed by atoms with Crippen molar-refractivity contribution >= 4 is 23.4 Å². The van der Waals surface area contributed by atoms with Crippen molar-refractivity contribution < 1.29 is 19.4 Å². The Morgan fingerprint density at radius 3 is 2.88 bits per heavy atom. The number of hydrogen-bond acceptors (Lipinski definition) is 7. The van der Waals surface area contributed by atoms with Crippen LogP contribution in [0.4, 0.5) is 11.5 Å². The minimum Gasteiger partial charge on any atom is -0.481 e. The molecule has 4 atom stereocenters. The van der Waals surface area contributed by atoms with Gasteiger partial charge in [0.25, 0.3) is 0 Å². The SMILES string of the molecule is O=C(O)C[C@H](NC(=O)[C@@H]1CCCN(CCCc2ccc3c(n2)NCCC3)C1)c1cccc(N2CC3CCC2CO3)c1. The van der Waals surface area contributed by atoms with Crippen molar-refractivity contribution in [3.8, 4) is 0 Å². The number of ether oxygens (including phenoxy) is 1. The van der Waals surface area contributed by atoms with E-state index in [0.29, 0.717) is 12.6 Å². The predicted molar refractivity (Wildman–Crippen MR) is 158 cm³/mol. The summed E-state index contributed by atoms with van der Waals surface area (Å²) in [5.41, 5.74) is 4.36.